The average Bonchev–Trinajstić information content (AvgIpc) is 2.63. The molecule has 1 amide bonds. The summed E-state index contributed by atoms with van der Waals surface area (Å²) in [6.07, 6.45) is 3.03. The van der Waals surface area contributed by atoms with E-state index in [1.54, 1.807) is 0 Å². The van der Waals surface area contributed by atoms with Crippen LogP contribution in [0.3, 0.4) is 0 Å². The van der Waals surface area contributed by atoms with E-state index in [4.69, 9.17) is 0 Å². The molecule has 0 spiro atoms. The molecule has 1 aromatic heterocycles. The number of aromatic nitrogens is 2. The Morgan fingerprint density at radius 3 is 2.27 bits per heavy atom. The van der Waals surface area contributed by atoms with Crippen molar-refractivity contribution >= 4 is 23.2 Å². The van der Waals surface area contributed by atoms with Crippen molar-refractivity contribution in [1.29, 1.82) is 0 Å². The number of amides is 1. The second kappa shape index (κ2) is 7.78. The van der Waals surface area contributed by atoms with Crippen LogP contribution in [-0.4, -0.2) is 15.9 Å². The summed E-state index contributed by atoms with van der Waals surface area (Å²) in [6.45, 7) is 6.30. The zero-order chi connectivity index (χ0) is 18.5. The van der Waals surface area contributed by atoms with Crippen LogP contribution >= 0.6 is 0 Å². The Morgan fingerprint density at radius 2 is 1.65 bits per heavy atom. The molecule has 3 aromatic rings. The van der Waals surface area contributed by atoms with E-state index in [0.29, 0.717) is 17.4 Å². The lowest BCUT2D eigenvalue weighted by Gasteiger charge is -2.09. The topological polar surface area (TPSA) is 66.9 Å². The van der Waals surface area contributed by atoms with Crippen molar-refractivity contribution in [2.45, 2.75) is 26.7 Å². The molecular formula is C21H22N4O. The van der Waals surface area contributed by atoms with E-state index in [9.17, 15) is 4.79 Å². The van der Waals surface area contributed by atoms with Crippen LogP contribution in [0.5, 0.6) is 0 Å². The van der Waals surface area contributed by atoms with Gasteiger partial charge < -0.3 is 10.6 Å². The number of carbonyl (C=O) groups excluding carboxylic acids is 1. The largest absolute Gasteiger partial charge is 0.324 e. The van der Waals surface area contributed by atoms with Crippen LogP contribution in [0.25, 0.3) is 0 Å². The molecule has 0 fully saturated rings. The molecule has 1 heterocycles. The Hall–Kier alpha value is -3.21. The smallest absolute Gasteiger partial charge is 0.258 e. The van der Waals surface area contributed by atoms with Crippen LogP contribution in [0.4, 0.5) is 17.3 Å². The van der Waals surface area contributed by atoms with E-state index in [1.165, 1.54) is 18.0 Å². The Labute approximate surface area is 153 Å². The number of nitrogens with zero attached hydrogens (tertiary/aromatic N) is 2. The third-order valence-electron chi connectivity index (χ3n) is 4.02. The summed E-state index contributed by atoms with van der Waals surface area (Å²) in [5.41, 5.74) is 4.43. The SMILES string of the molecule is Cc1cccc(NC(=O)c2cnc(Nc3ccc(C(C)C)cc3)nc2)c1. The van der Waals surface area contributed by atoms with Crippen LogP contribution in [0.15, 0.2) is 60.9 Å². The van der Waals surface area contributed by atoms with Crippen molar-refractivity contribution in [2.75, 3.05) is 10.6 Å². The molecule has 0 aliphatic rings. The van der Waals surface area contributed by atoms with Crippen LogP contribution in [0, 0.1) is 6.92 Å². The summed E-state index contributed by atoms with van der Waals surface area (Å²) >= 11 is 0. The predicted molar refractivity (Wildman–Crippen MR) is 105 cm³/mol. The standard InChI is InChI=1S/C21H22N4O/c1-14(2)16-7-9-18(10-8-16)25-21-22-12-17(13-23-21)20(26)24-19-6-4-5-15(3)11-19/h4-14H,1-3H3,(H,24,26)(H,22,23,25). The molecule has 26 heavy (non-hydrogen) atoms. The lowest BCUT2D eigenvalue weighted by atomic mass is 10.0. The van der Waals surface area contributed by atoms with E-state index in [2.05, 4.69) is 46.6 Å². The number of nitrogens with one attached hydrogen (secondary N) is 2. The van der Waals surface area contributed by atoms with E-state index in [0.717, 1.165) is 16.9 Å². The van der Waals surface area contributed by atoms with Gasteiger partial charge in [-0.1, -0.05) is 38.1 Å². The Bertz CT molecular complexity index is 887. The van der Waals surface area contributed by atoms with E-state index >= 15 is 0 Å². The highest BCUT2D eigenvalue weighted by Crippen LogP contribution is 2.19. The van der Waals surface area contributed by atoms with Gasteiger partial charge in [0.15, 0.2) is 0 Å². The van der Waals surface area contributed by atoms with Gasteiger partial charge in [0.2, 0.25) is 5.95 Å². The maximum absolute atomic E-state index is 12.3. The molecular weight excluding hydrogens is 324 g/mol. The van der Waals surface area contributed by atoms with E-state index < -0.39 is 0 Å². The minimum Gasteiger partial charge on any atom is -0.324 e. The highest BCUT2D eigenvalue weighted by Gasteiger charge is 2.08. The fourth-order valence-corrected chi connectivity index (χ4v) is 2.52. The molecule has 0 atom stereocenters. The molecule has 0 aliphatic carbocycles. The second-order valence-electron chi connectivity index (χ2n) is 6.52. The van der Waals surface area contributed by atoms with E-state index in [1.807, 2.05) is 43.3 Å². The number of aryl methyl sites for hydroxylation is 1. The first-order valence-electron chi connectivity index (χ1n) is 8.58. The average molecular weight is 346 g/mol. The third kappa shape index (κ3) is 4.45. The third-order valence-corrected chi connectivity index (χ3v) is 4.02. The lowest BCUT2D eigenvalue weighted by Crippen LogP contribution is -2.13. The Morgan fingerprint density at radius 1 is 0.962 bits per heavy atom. The molecule has 0 saturated carbocycles. The maximum Gasteiger partial charge on any atom is 0.258 e. The van der Waals surface area contributed by atoms with Gasteiger partial charge in [-0.25, -0.2) is 9.97 Å². The maximum atomic E-state index is 12.3. The van der Waals surface area contributed by atoms with E-state index in [-0.39, 0.29) is 5.91 Å². The summed E-state index contributed by atoms with van der Waals surface area (Å²) in [5.74, 6) is 0.712. The van der Waals surface area contributed by atoms with Gasteiger partial charge in [0, 0.05) is 23.8 Å². The zero-order valence-corrected chi connectivity index (χ0v) is 15.2. The minimum absolute atomic E-state index is 0.233. The number of carbonyl (C=O) groups is 1. The normalized spacial score (nSPS) is 10.6. The number of hydrogen-bond acceptors (Lipinski definition) is 4. The number of hydrogen-bond donors (Lipinski definition) is 2. The first kappa shape index (κ1) is 17.6. The second-order valence-corrected chi connectivity index (χ2v) is 6.52. The first-order valence-corrected chi connectivity index (χ1v) is 8.58. The summed E-state index contributed by atoms with van der Waals surface area (Å²) in [5, 5.41) is 5.99. The Kier molecular flexibility index (Phi) is 5.27. The van der Waals surface area contributed by atoms with Crippen molar-refractivity contribution in [1.82, 2.24) is 9.97 Å². The van der Waals surface area contributed by atoms with Gasteiger partial charge in [-0.2, -0.15) is 0 Å². The lowest BCUT2D eigenvalue weighted by molar-refractivity contribution is 0.102. The number of benzene rings is 2. The first-order chi connectivity index (χ1) is 12.5. The quantitative estimate of drug-likeness (QED) is 0.689. The molecule has 5 nitrogen and oxygen atoms in total. The fraction of sp³-hybridized carbons (Fsp3) is 0.190. The van der Waals surface area contributed by atoms with Crippen molar-refractivity contribution in [3.8, 4) is 0 Å². The van der Waals surface area contributed by atoms with Gasteiger partial charge in [0.05, 0.1) is 5.56 Å². The molecule has 2 aromatic carbocycles. The molecule has 132 valence electrons. The van der Waals surface area contributed by atoms with Crippen LogP contribution < -0.4 is 10.6 Å². The molecule has 5 heteroatoms. The molecule has 0 radical (unpaired) electrons. The number of rotatable bonds is 5. The van der Waals surface area contributed by atoms with Crippen LogP contribution in [0.1, 0.15) is 41.3 Å². The summed E-state index contributed by atoms with van der Waals surface area (Å²) in [6, 6.07) is 15.8. The predicted octanol–water partition coefficient (Wildman–Crippen LogP) is 4.90. The van der Waals surface area contributed by atoms with Crippen molar-refractivity contribution in [3.05, 3.63) is 77.6 Å². The summed E-state index contributed by atoms with van der Waals surface area (Å²) in [7, 11) is 0. The van der Waals surface area contributed by atoms with Gasteiger partial charge in [0.1, 0.15) is 0 Å². The van der Waals surface area contributed by atoms with Gasteiger partial charge >= 0.3 is 0 Å². The molecule has 0 aliphatic heterocycles. The highest BCUT2D eigenvalue weighted by atomic mass is 16.1. The monoisotopic (exact) mass is 346 g/mol. The van der Waals surface area contributed by atoms with Gasteiger partial charge in [0.25, 0.3) is 5.91 Å². The van der Waals surface area contributed by atoms with Gasteiger partial charge in [-0.3, -0.25) is 4.79 Å². The van der Waals surface area contributed by atoms with Crippen molar-refractivity contribution in [2.24, 2.45) is 0 Å². The molecule has 0 unspecified atom stereocenters. The summed E-state index contributed by atoms with van der Waals surface area (Å²) < 4.78 is 0. The molecule has 0 saturated heterocycles. The summed E-state index contributed by atoms with van der Waals surface area (Å²) in [4.78, 5) is 20.7. The molecule has 2 N–H and O–H groups in total. The zero-order valence-electron chi connectivity index (χ0n) is 15.2. The Balaban J connectivity index is 1.65. The highest BCUT2D eigenvalue weighted by molar-refractivity contribution is 6.03. The fourth-order valence-electron chi connectivity index (χ4n) is 2.52. The number of anilines is 3. The minimum atomic E-state index is -0.233. The van der Waals surface area contributed by atoms with Crippen LogP contribution in [0.2, 0.25) is 0 Å². The molecule has 3 rings (SSSR count). The van der Waals surface area contributed by atoms with Crippen molar-refractivity contribution < 1.29 is 4.79 Å². The van der Waals surface area contributed by atoms with Crippen LogP contribution in [-0.2, 0) is 0 Å². The molecule has 0 bridgehead atoms. The van der Waals surface area contributed by atoms with Gasteiger partial charge in [-0.05, 0) is 48.2 Å². The van der Waals surface area contributed by atoms with Crippen molar-refractivity contribution in [3.63, 3.8) is 0 Å². The van der Waals surface area contributed by atoms with Gasteiger partial charge in [-0.15, -0.1) is 0 Å².